The molecule has 0 radical (unpaired) electrons. The van der Waals surface area contributed by atoms with Crippen LogP contribution >= 0.6 is 0 Å². The number of likely N-dealkylation sites (tertiary alicyclic amines) is 1. The molecule has 0 aromatic heterocycles. The van der Waals surface area contributed by atoms with Crippen molar-refractivity contribution in [1.29, 1.82) is 0 Å². The van der Waals surface area contributed by atoms with Gasteiger partial charge >= 0.3 is 0 Å². The quantitative estimate of drug-likeness (QED) is 0.392. The number of piperidine rings is 1. The molecular formula is C24H39N3O2. The summed E-state index contributed by atoms with van der Waals surface area (Å²) < 4.78 is 0. The highest BCUT2D eigenvalue weighted by Gasteiger charge is 2.17. The van der Waals surface area contributed by atoms with Crippen LogP contribution in [0.5, 0.6) is 0 Å². The lowest BCUT2D eigenvalue weighted by Gasteiger charge is -2.33. The maximum absolute atomic E-state index is 12.4. The largest absolute Gasteiger partial charge is 0.356 e. The topological polar surface area (TPSA) is 61.4 Å². The van der Waals surface area contributed by atoms with Gasteiger partial charge in [0.25, 0.3) is 0 Å². The zero-order chi connectivity index (χ0) is 20.9. The zero-order valence-corrected chi connectivity index (χ0v) is 18.3. The number of nitrogens with one attached hydrogen (secondary N) is 2. The van der Waals surface area contributed by atoms with E-state index in [0.717, 1.165) is 44.5 Å². The fraction of sp³-hybridized carbons (Fsp3) is 0.667. The minimum absolute atomic E-state index is 0.0232. The molecule has 1 fully saturated rings. The Morgan fingerprint density at radius 3 is 2.79 bits per heavy atom. The molecule has 1 amide bonds. The van der Waals surface area contributed by atoms with Gasteiger partial charge in [-0.1, -0.05) is 31.5 Å². The number of carbonyl (C=O) groups is 2. The lowest BCUT2D eigenvalue weighted by Crippen LogP contribution is -2.39. The van der Waals surface area contributed by atoms with E-state index in [-0.39, 0.29) is 24.5 Å². The first-order valence-corrected chi connectivity index (χ1v) is 11.4. The summed E-state index contributed by atoms with van der Waals surface area (Å²) in [5, 5.41) is 6.35. The predicted molar refractivity (Wildman–Crippen MR) is 119 cm³/mol. The van der Waals surface area contributed by atoms with Gasteiger partial charge in [0, 0.05) is 37.5 Å². The number of carbonyl (C=O) groups excluding carboxylic acids is 2. The van der Waals surface area contributed by atoms with Crippen LogP contribution in [-0.2, 0) is 11.2 Å². The van der Waals surface area contributed by atoms with Crippen molar-refractivity contribution in [2.45, 2.75) is 71.3 Å². The molecule has 2 N–H and O–H groups in total. The molecule has 29 heavy (non-hydrogen) atoms. The molecule has 1 aromatic carbocycles. The van der Waals surface area contributed by atoms with Crippen molar-refractivity contribution in [3.8, 4) is 0 Å². The molecule has 1 atom stereocenters. The average Bonchev–Trinajstić information content (AvgIpc) is 2.74. The second-order valence-electron chi connectivity index (χ2n) is 8.21. The van der Waals surface area contributed by atoms with Gasteiger partial charge in [-0.3, -0.25) is 9.59 Å². The Bertz CT molecular complexity index is 632. The van der Waals surface area contributed by atoms with Crippen molar-refractivity contribution in [3.05, 3.63) is 35.4 Å². The number of rotatable bonds is 13. The van der Waals surface area contributed by atoms with Crippen LogP contribution in [0.4, 0.5) is 0 Å². The number of ketones is 1. The van der Waals surface area contributed by atoms with Crippen molar-refractivity contribution in [3.63, 3.8) is 0 Å². The first-order valence-electron chi connectivity index (χ1n) is 11.4. The fourth-order valence-corrected chi connectivity index (χ4v) is 3.89. The molecule has 1 heterocycles. The van der Waals surface area contributed by atoms with Gasteiger partial charge in [-0.05, 0) is 70.3 Å². The van der Waals surface area contributed by atoms with Gasteiger partial charge in [-0.2, -0.15) is 0 Å². The Balaban J connectivity index is 1.63. The van der Waals surface area contributed by atoms with Crippen LogP contribution in [0, 0.1) is 0 Å². The highest BCUT2D eigenvalue weighted by Crippen LogP contribution is 2.16. The van der Waals surface area contributed by atoms with Crippen LogP contribution in [0.3, 0.4) is 0 Å². The highest BCUT2D eigenvalue weighted by molar-refractivity contribution is 5.98. The second kappa shape index (κ2) is 13.5. The smallest absolute Gasteiger partial charge is 0.220 e. The molecule has 2 rings (SSSR count). The number of nitrogens with zero attached hydrogens (tertiary/aromatic N) is 1. The molecule has 0 saturated carbocycles. The molecule has 0 aliphatic carbocycles. The predicted octanol–water partition coefficient (Wildman–Crippen LogP) is 3.57. The maximum atomic E-state index is 12.4. The SMILES string of the molecule is CCCNCCc1cccc(C(=O)CCC(=O)NCCCN2CCCCC2C)c1. The summed E-state index contributed by atoms with van der Waals surface area (Å²) in [6.07, 6.45) is 7.45. The summed E-state index contributed by atoms with van der Waals surface area (Å²) >= 11 is 0. The zero-order valence-electron chi connectivity index (χ0n) is 18.3. The molecule has 1 saturated heterocycles. The van der Waals surface area contributed by atoms with Crippen molar-refractivity contribution in [1.82, 2.24) is 15.5 Å². The molecule has 5 nitrogen and oxygen atoms in total. The van der Waals surface area contributed by atoms with E-state index in [0.29, 0.717) is 18.2 Å². The third-order valence-corrected chi connectivity index (χ3v) is 5.73. The van der Waals surface area contributed by atoms with Gasteiger partial charge in [0.05, 0.1) is 0 Å². The third-order valence-electron chi connectivity index (χ3n) is 5.73. The Labute approximate surface area is 176 Å². The van der Waals surface area contributed by atoms with Crippen LogP contribution < -0.4 is 10.6 Å². The van der Waals surface area contributed by atoms with E-state index in [1.54, 1.807) is 0 Å². The molecule has 5 heteroatoms. The van der Waals surface area contributed by atoms with Crippen molar-refractivity contribution >= 4 is 11.7 Å². The van der Waals surface area contributed by atoms with Crippen molar-refractivity contribution in [2.24, 2.45) is 0 Å². The van der Waals surface area contributed by atoms with Gasteiger partial charge < -0.3 is 15.5 Å². The van der Waals surface area contributed by atoms with Crippen molar-refractivity contribution in [2.75, 3.05) is 32.7 Å². The summed E-state index contributed by atoms with van der Waals surface area (Å²) in [7, 11) is 0. The fourth-order valence-electron chi connectivity index (χ4n) is 3.89. The number of Topliss-reactive ketones (excluding diaryl/α,β-unsaturated/α-hetero) is 1. The number of benzene rings is 1. The lowest BCUT2D eigenvalue weighted by molar-refractivity contribution is -0.121. The van der Waals surface area contributed by atoms with Crippen LogP contribution in [0.25, 0.3) is 0 Å². The Hall–Kier alpha value is -1.72. The summed E-state index contributed by atoms with van der Waals surface area (Å²) in [6.45, 7) is 9.29. The van der Waals surface area contributed by atoms with Gasteiger partial charge in [-0.25, -0.2) is 0 Å². The summed E-state index contributed by atoms with van der Waals surface area (Å²) in [6, 6.07) is 8.47. The molecule has 0 spiro atoms. The van der Waals surface area contributed by atoms with E-state index in [1.165, 1.54) is 25.8 Å². The minimum atomic E-state index is -0.0232. The van der Waals surface area contributed by atoms with Crippen LogP contribution in [0.1, 0.15) is 74.7 Å². The summed E-state index contributed by atoms with van der Waals surface area (Å²) in [5.41, 5.74) is 1.88. The lowest BCUT2D eigenvalue weighted by atomic mass is 10.0. The number of hydrogen-bond acceptors (Lipinski definition) is 4. The maximum Gasteiger partial charge on any atom is 0.220 e. The molecule has 1 unspecified atom stereocenters. The van der Waals surface area contributed by atoms with Gasteiger partial charge in [0.15, 0.2) is 5.78 Å². The first kappa shape index (κ1) is 23.6. The van der Waals surface area contributed by atoms with Crippen LogP contribution in [0.2, 0.25) is 0 Å². The minimum Gasteiger partial charge on any atom is -0.356 e. The van der Waals surface area contributed by atoms with Crippen LogP contribution in [0.15, 0.2) is 24.3 Å². The molecule has 1 aliphatic rings. The third kappa shape index (κ3) is 9.09. The Morgan fingerprint density at radius 2 is 2.00 bits per heavy atom. The highest BCUT2D eigenvalue weighted by atomic mass is 16.2. The average molecular weight is 402 g/mol. The Morgan fingerprint density at radius 1 is 1.14 bits per heavy atom. The van der Waals surface area contributed by atoms with Gasteiger partial charge in [0.1, 0.15) is 0 Å². The molecule has 0 bridgehead atoms. The standard InChI is InChI=1S/C24H39N3O2/c1-3-14-25-16-13-21-9-6-10-22(19-21)23(28)11-12-24(29)26-15-7-18-27-17-5-4-8-20(27)2/h6,9-10,19-20,25H,3-5,7-8,11-18H2,1-2H3,(H,26,29). The van der Waals surface area contributed by atoms with E-state index < -0.39 is 0 Å². The normalized spacial score (nSPS) is 17.2. The van der Waals surface area contributed by atoms with Gasteiger partial charge in [-0.15, -0.1) is 0 Å². The van der Waals surface area contributed by atoms with E-state index in [1.807, 2.05) is 18.2 Å². The van der Waals surface area contributed by atoms with Crippen LogP contribution in [-0.4, -0.2) is 55.4 Å². The Kier molecular flexibility index (Phi) is 11.0. The van der Waals surface area contributed by atoms with E-state index in [9.17, 15) is 9.59 Å². The van der Waals surface area contributed by atoms with E-state index in [4.69, 9.17) is 0 Å². The molecule has 1 aliphatic heterocycles. The number of hydrogen-bond donors (Lipinski definition) is 2. The molecular weight excluding hydrogens is 362 g/mol. The molecule has 1 aromatic rings. The summed E-state index contributed by atoms with van der Waals surface area (Å²) in [5.74, 6) is 0.0237. The summed E-state index contributed by atoms with van der Waals surface area (Å²) in [4.78, 5) is 27.0. The van der Waals surface area contributed by atoms with E-state index >= 15 is 0 Å². The van der Waals surface area contributed by atoms with Crippen molar-refractivity contribution < 1.29 is 9.59 Å². The monoisotopic (exact) mass is 401 g/mol. The van der Waals surface area contributed by atoms with Gasteiger partial charge in [0.2, 0.25) is 5.91 Å². The number of amides is 1. The molecule has 162 valence electrons. The second-order valence-corrected chi connectivity index (χ2v) is 8.21. The first-order chi connectivity index (χ1) is 14.1. The van der Waals surface area contributed by atoms with E-state index in [2.05, 4.69) is 35.4 Å².